The summed E-state index contributed by atoms with van der Waals surface area (Å²) >= 11 is 0. The standard InChI is InChI=1S/C59H113NO13/c1-3-5-7-9-11-13-15-17-18-19-20-21-22-23-24-25-26-27-28-29-30-31-33-35-37-39-41-43-51(64)60-47(48(63)42-40-38-36-34-32-16-14-12-10-8-6-4-2)46-70-58-56(69)54(67)57(50(45-62)72-58)73-59-55(68)53(66)52(65)49(44-61)71-59/h19-20,47-50,52-59,61-63,65-69H,3-18,21-46H2,1-2H3,(H,60,64)/b20-19-. The van der Waals surface area contributed by atoms with E-state index in [9.17, 15) is 45.6 Å². The van der Waals surface area contributed by atoms with Gasteiger partial charge in [-0.05, 0) is 38.5 Å². The maximum atomic E-state index is 13.3. The first-order valence-corrected chi connectivity index (χ1v) is 30.4. The van der Waals surface area contributed by atoms with Crippen molar-refractivity contribution in [3.05, 3.63) is 12.2 Å². The second-order valence-corrected chi connectivity index (χ2v) is 21.8. The summed E-state index contributed by atoms with van der Waals surface area (Å²) in [6, 6.07) is -0.824. The van der Waals surface area contributed by atoms with Crippen LogP contribution in [0, 0.1) is 0 Å². The molecule has 0 bridgehead atoms. The lowest BCUT2D eigenvalue weighted by molar-refractivity contribution is -0.359. The maximum Gasteiger partial charge on any atom is 0.220 e. The Morgan fingerprint density at radius 1 is 0.479 bits per heavy atom. The van der Waals surface area contributed by atoms with Crippen molar-refractivity contribution in [3.8, 4) is 0 Å². The molecule has 2 aliphatic heterocycles. The van der Waals surface area contributed by atoms with Crippen LogP contribution in [0.3, 0.4) is 0 Å². The Hall–Kier alpha value is -1.27. The first-order chi connectivity index (χ1) is 35.6. The third-order valence-electron chi connectivity index (χ3n) is 15.2. The fraction of sp³-hybridized carbons (Fsp3) is 0.949. The van der Waals surface area contributed by atoms with E-state index in [1.165, 1.54) is 186 Å². The van der Waals surface area contributed by atoms with Crippen molar-refractivity contribution in [2.45, 2.75) is 338 Å². The molecule has 0 aromatic heterocycles. The Morgan fingerprint density at radius 3 is 1.30 bits per heavy atom. The zero-order chi connectivity index (χ0) is 53.2. The fourth-order valence-electron chi connectivity index (χ4n) is 10.3. The smallest absolute Gasteiger partial charge is 0.220 e. The van der Waals surface area contributed by atoms with E-state index in [-0.39, 0.29) is 12.5 Å². The quantitative estimate of drug-likeness (QED) is 0.0204. The highest BCUT2D eigenvalue weighted by atomic mass is 16.7. The van der Waals surface area contributed by atoms with Crippen molar-refractivity contribution >= 4 is 5.91 Å². The number of carbonyl (C=O) groups is 1. The number of nitrogens with one attached hydrogen (secondary N) is 1. The summed E-state index contributed by atoms with van der Waals surface area (Å²) in [6.07, 6.45) is 35.1. The highest BCUT2D eigenvalue weighted by Gasteiger charge is 2.51. The molecule has 0 aromatic rings. The molecule has 2 aliphatic rings. The summed E-state index contributed by atoms with van der Waals surface area (Å²) < 4.78 is 22.8. The van der Waals surface area contributed by atoms with Gasteiger partial charge in [0, 0.05) is 6.42 Å². The molecule has 2 saturated heterocycles. The van der Waals surface area contributed by atoms with Gasteiger partial charge >= 0.3 is 0 Å². The van der Waals surface area contributed by atoms with Crippen LogP contribution in [0.25, 0.3) is 0 Å². The van der Waals surface area contributed by atoms with Crippen LogP contribution in [0.2, 0.25) is 0 Å². The Morgan fingerprint density at radius 2 is 0.863 bits per heavy atom. The molecule has 12 unspecified atom stereocenters. The molecule has 0 saturated carbocycles. The number of aliphatic hydroxyl groups is 8. The molecule has 0 aliphatic carbocycles. The average Bonchev–Trinajstić information content (AvgIpc) is 3.39. The molecule has 2 heterocycles. The number of carbonyl (C=O) groups excluding carboxylic acids is 1. The first-order valence-electron chi connectivity index (χ1n) is 30.4. The van der Waals surface area contributed by atoms with Gasteiger partial charge in [0.05, 0.1) is 32.0 Å². The lowest BCUT2D eigenvalue weighted by Gasteiger charge is -2.46. The summed E-state index contributed by atoms with van der Waals surface area (Å²) in [7, 11) is 0. The molecular weight excluding hydrogens is 931 g/mol. The second-order valence-electron chi connectivity index (χ2n) is 21.8. The zero-order valence-corrected chi connectivity index (χ0v) is 46.4. The van der Waals surface area contributed by atoms with Gasteiger partial charge in [-0.2, -0.15) is 0 Å². The van der Waals surface area contributed by atoms with Crippen molar-refractivity contribution in [2.75, 3.05) is 19.8 Å². The van der Waals surface area contributed by atoms with Crippen LogP contribution in [0.5, 0.6) is 0 Å². The van der Waals surface area contributed by atoms with Gasteiger partial charge in [0.1, 0.15) is 48.8 Å². The number of unbranched alkanes of at least 4 members (excludes halogenated alkanes) is 34. The van der Waals surface area contributed by atoms with Crippen LogP contribution < -0.4 is 5.32 Å². The maximum absolute atomic E-state index is 13.3. The molecule has 12 atom stereocenters. The van der Waals surface area contributed by atoms with Crippen molar-refractivity contribution in [1.29, 1.82) is 0 Å². The normalized spacial score (nSPS) is 25.4. The minimum atomic E-state index is -1.78. The largest absolute Gasteiger partial charge is 0.394 e. The van der Waals surface area contributed by atoms with Gasteiger partial charge in [0.2, 0.25) is 5.91 Å². The van der Waals surface area contributed by atoms with E-state index in [0.29, 0.717) is 12.8 Å². The van der Waals surface area contributed by atoms with E-state index >= 15 is 0 Å². The van der Waals surface area contributed by atoms with Crippen LogP contribution in [0.4, 0.5) is 0 Å². The molecule has 9 N–H and O–H groups in total. The molecule has 2 rings (SSSR count). The number of allylic oxidation sites excluding steroid dienone is 2. The fourth-order valence-corrected chi connectivity index (χ4v) is 10.3. The number of hydrogen-bond donors (Lipinski definition) is 9. The molecule has 432 valence electrons. The lowest BCUT2D eigenvalue weighted by Crippen LogP contribution is -2.65. The first kappa shape index (κ1) is 67.8. The molecule has 73 heavy (non-hydrogen) atoms. The predicted octanol–water partition coefficient (Wildman–Crippen LogP) is 10.3. The number of hydrogen-bond acceptors (Lipinski definition) is 13. The zero-order valence-electron chi connectivity index (χ0n) is 46.4. The van der Waals surface area contributed by atoms with E-state index < -0.39 is 86.8 Å². The van der Waals surface area contributed by atoms with Gasteiger partial charge in [-0.15, -0.1) is 0 Å². The van der Waals surface area contributed by atoms with Crippen LogP contribution in [0.1, 0.15) is 264 Å². The van der Waals surface area contributed by atoms with Gasteiger partial charge in [0.25, 0.3) is 0 Å². The van der Waals surface area contributed by atoms with Crippen LogP contribution in [0.15, 0.2) is 12.2 Å². The van der Waals surface area contributed by atoms with Gasteiger partial charge < -0.3 is 65.1 Å². The van der Waals surface area contributed by atoms with E-state index in [4.69, 9.17) is 18.9 Å². The third-order valence-corrected chi connectivity index (χ3v) is 15.2. The topological polar surface area (TPSA) is 228 Å². The Bertz CT molecular complexity index is 1280. The van der Waals surface area contributed by atoms with Gasteiger partial charge in [0.15, 0.2) is 12.6 Å². The highest BCUT2D eigenvalue weighted by Crippen LogP contribution is 2.30. The summed E-state index contributed by atoms with van der Waals surface area (Å²) in [5.74, 6) is -0.203. The molecule has 14 nitrogen and oxygen atoms in total. The Balaban J connectivity index is 1.67. The monoisotopic (exact) mass is 1040 g/mol. The van der Waals surface area contributed by atoms with Crippen LogP contribution >= 0.6 is 0 Å². The summed E-state index contributed by atoms with van der Waals surface area (Å²) in [5, 5.41) is 87.1. The second kappa shape index (κ2) is 45.7. The Kier molecular flexibility index (Phi) is 42.5. The van der Waals surface area contributed by atoms with E-state index in [0.717, 1.165) is 51.4 Å². The van der Waals surface area contributed by atoms with Crippen molar-refractivity contribution in [3.63, 3.8) is 0 Å². The minimum absolute atomic E-state index is 0.203. The Labute approximate surface area is 444 Å². The number of aliphatic hydroxyl groups excluding tert-OH is 8. The summed E-state index contributed by atoms with van der Waals surface area (Å²) in [6.45, 7) is 2.87. The lowest BCUT2D eigenvalue weighted by atomic mass is 9.97. The van der Waals surface area contributed by atoms with Crippen LogP contribution in [-0.2, 0) is 23.7 Å². The highest BCUT2D eigenvalue weighted by molar-refractivity contribution is 5.76. The number of ether oxygens (including phenoxy) is 4. The number of rotatable bonds is 49. The van der Waals surface area contributed by atoms with Crippen molar-refractivity contribution in [2.24, 2.45) is 0 Å². The molecule has 0 spiro atoms. The van der Waals surface area contributed by atoms with Crippen molar-refractivity contribution < 1.29 is 64.6 Å². The number of amides is 1. The minimum Gasteiger partial charge on any atom is -0.394 e. The van der Waals surface area contributed by atoms with Gasteiger partial charge in [-0.3, -0.25) is 4.79 Å². The van der Waals surface area contributed by atoms with E-state index in [1.54, 1.807) is 0 Å². The third kappa shape index (κ3) is 31.7. The molecule has 0 radical (unpaired) electrons. The van der Waals surface area contributed by atoms with Crippen LogP contribution in [-0.4, -0.2) is 140 Å². The molecule has 1 amide bonds. The van der Waals surface area contributed by atoms with Gasteiger partial charge in [-0.1, -0.05) is 231 Å². The summed E-state index contributed by atoms with van der Waals surface area (Å²) in [5.41, 5.74) is 0. The molecule has 2 fully saturated rings. The van der Waals surface area contributed by atoms with Crippen molar-refractivity contribution in [1.82, 2.24) is 5.32 Å². The van der Waals surface area contributed by atoms with Gasteiger partial charge in [-0.25, -0.2) is 0 Å². The predicted molar refractivity (Wildman–Crippen MR) is 291 cm³/mol. The molecular formula is C59H113NO13. The summed E-state index contributed by atoms with van der Waals surface area (Å²) in [4.78, 5) is 13.3. The molecule has 0 aromatic carbocycles. The average molecular weight is 1040 g/mol. The SMILES string of the molecule is CCCCCCCCCC/C=C\CCCCCCCCCCCCCCCCCC(=O)NC(COC1OC(CO)C(OC2OC(CO)C(O)C(O)C2O)C(O)C1O)C(O)CCCCCCCCCCCCCC. The van der Waals surface area contributed by atoms with E-state index in [1.807, 2.05) is 0 Å². The van der Waals surface area contributed by atoms with E-state index in [2.05, 4.69) is 31.3 Å². The molecule has 14 heteroatoms.